The van der Waals surface area contributed by atoms with E-state index in [-0.39, 0.29) is 17.8 Å². The number of anilines is 1. The zero-order chi connectivity index (χ0) is 16.2. The molecule has 3 rings (SSSR count). The second-order valence-electron chi connectivity index (χ2n) is 4.61. The molecule has 23 heavy (non-hydrogen) atoms. The molecule has 0 bridgehead atoms. The Hall–Kier alpha value is -2.51. The molecule has 0 spiro atoms. The first-order valence-corrected chi connectivity index (χ1v) is 7.43. The van der Waals surface area contributed by atoms with Crippen molar-refractivity contribution in [2.24, 2.45) is 0 Å². The van der Waals surface area contributed by atoms with Crippen LogP contribution < -0.4 is 25.6 Å². The normalized spacial score (nSPS) is 11.7. The fourth-order valence-electron chi connectivity index (χ4n) is 1.92. The van der Waals surface area contributed by atoms with Crippen molar-refractivity contribution in [3.8, 4) is 11.5 Å². The zero-order valence-corrected chi connectivity index (χ0v) is 13.3. The SMILES string of the molecule is O=C(NNC(=S)Nc1ccc(Cl)cc1)c1ccc2c(c1)OCO2. The van der Waals surface area contributed by atoms with Crippen molar-refractivity contribution in [2.45, 2.75) is 0 Å². The van der Waals surface area contributed by atoms with Crippen LogP contribution in [-0.4, -0.2) is 17.8 Å². The fraction of sp³-hybridized carbons (Fsp3) is 0.0667. The minimum absolute atomic E-state index is 0.160. The molecule has 0 unspecified atom stereocenters. The van der Waals surface area contributed by atoms with E-state index < -0.39 is 0 Å². The Bertz CT molecular complexity index is 752. The lowest BCUT2D eigenvalue weighted by Crippen LogP contribution is -2.43. The number of ether oxygens (including phenoxy) is 2. The third kappa shape index (κ3) is 3.82. The molecule has 3 N–H and O–H groups in total. The average molecular weight is 350 g/mol. The number of amides is 1. The van der Waals surface area contributed by atoms with Crippen LogP contribution >= 0.6 is 23.8 Å². The Kier molecular flexibility index (Phi) is 4.50. The van der Waals surface area contributed by atoms with Gasteiger partial charge in [0.2, 0.25) is 6.79 Å². The summed E-state index contributed by atoms with van der Waals surface area (Å²) in [4.78, 5) is 12.1. The zero-order valence-electron chi connectivity index (χ0n) is 11.8. The van der Waals surface area contributed by atoms with Crippen molar-refractivity contribution in [1.82, 2.24) is 10.9 Å². The van der Waals surface area contributed by atoms with Gasteiger partial charge < -0.3 is 14.8 Å². The Morgan fingerprint density at radius 2 is 1.78 bits per heavy atom. The van der Waals surface area contributed by atoms with Crippen molar-refractivity contribution in [3.63, 3.8) is 0 Å². The second-order valence-corrected chi connectivity index (χ2v) is 5.45. The highest BCUT2D eigenvalue weighted by Gasteiger charge is 2.16. The predicted molar refractivity (Wildman–Crippen MR) is 90.8 cm³/mol. The molecule has 1 heterocycles. The van der Waals surface area contributed by atoms with E-state index in [2.05, 4.69) is 16.2 Å². The first-order valence-electron chi connectivity index (χ1n) is 6.64. The van der Waals surface area contributed by atoms with E-state index in [9.17, 15) is 4.79 Å². The number of rotatable bonds is 2. The molecule has 0 saturated heterocycles. The number of hydrazine groups is 1. The first-order chi connectivity index (χ1) is 11.1. The van der Waals surface area contributed by atoms with Crippen LogP contribution in [0, 0.1) is 0 Å². The molecular formula is C15H12ClN3O3S. The summed E-state index contributed by atoms with van der Waals surface area (Å²) in [6.07, 6.45) is 0. The maximum atomic E-state index is 12.1. The lowest BCUT2D eigenvalue weighted by molar-refractivity contribution is 0.0943. The number of carbonyl (C=O) groups excluding carboxylic acids is 1. The molecular weight excluding hydrogens is 338 g/mol. The molecule has 1 aliphatic rings. The van der Waals surface area contributed by atoms with E-state index >= 15 is 0 Å². The lowest BCUT2D eigenvalue weighted by atomic mass is 10.2. The van der Waals surface area contributed by atoms with E-state index in [0.717, 1.165) is 5.69 Å². The number of thiocarbonyl (C=S) groups is 1. The number of benzene rings is 2. The number of fused-ring (bicyclic) bond motifs is 1. The average Bonchev–Trinajstić information content (AvgIpc) is 3.02. The highest BCUT2D eigenvalue weighted by atomic mass is 35.5. The second kappa shape index (κ2) is 6.72. The molecule has 2 aromatic rings. The van der Waals surface area contributed by atoms with Crippen LogP contribution in [0.5, 0.6) is 11.5 Å². The summed E-state index contributed by atoms with van der Waals surface area (Å²) in [5.74, 6) is 0.817. The van der Waals surface area contributed by atoms with Crippen molar-refractivity contribution >= 4 is 40.5 Å². The third-order valence-corrected chi connectivity index (χ3v) is 3.48. The Balaban J connectivity index is 1.54. The number of hydrogen-bond donors (Lipinski definition) is 3. The summed E-state index contributed by atoms with van der Waals surface area (Å²) in [5.41, 5.74) is 6.31. The number of nitrogens with one attached hydrogen (secondary N) is 3. The van der Waals surface area contributed by atoms with Gasteiger partial charge in [0.05, 0.1) is 0 Å². The summed E-state index contributed by atoms with van der Waals surface area (Å²) in [6.45, 7) is 0.160. The number of carbonyl (C=O) groups is 1. The standard InChI is InChI=1S/C15H12ClN3O3S/c16-10-2-4-11(5-3-10)17-15(23)19-18-14(20)9-1-6-12-13(7-9)22-8-21-12/h1-7H,8H2,(H,18,20)(H2,17,19,23). The van der Waals surface area contributed by atoms with Crippen LogP contribution in [0.25, 0.3) is 0 Å². The number of hydrogen-bond acceptors (Lipinski definition) is 4. The summed E-state index contributed by atoms with van der Waals surface area (Å²) >= 11 is 10.9. The van der Waals surface area contributed by atoms with Gasteiger partial charge >= 0.3 is 0 Å². The summed E-state index contributed by atoms with van der Waals surface area (Å²) in [6, 6.07) is 11.9. The van der Waals surface area contributed by atoms with Gasteiger partial charge in [-0.05, 0) is 54.7 Å². The molecule has 0 radical (unpaired) electrons. The minimum atomic E-state index is -0.344. The van der Waals surface area contributed by atoms with Crippen molar-refractivity contribution in [3.05, 3.63) is 53.1 Å². The molecule has 1 amide bonds. The van der Waals surface area contributed by atoms with Crippen LogP contribution in [0.4, 0.5) is 5.69 Å². The fourth-order valence-corrected chi connectivity index (χ4v) is 2.21. The minimum Gasteiger partial charge on any atom is -0.454 e. The van der Waals surface area contributed by atoms with Gasteiger partial charge in [-0.1, -0.05) is 11.6 Å². The van der Waals surface area contributed by atoms with E-state index in [4.69, 9.17) is 33.3 Å². The monoisotopic (exact) mass is 349 g/mol. The van der Waals surface area contributed by atoms with Gasteiger partial charge in [0.1, 0.15) is 0 Å². The third-order valence-electron chi connectivity index (χ3n) is 3.03. The highest BCUT2D eigenvalue weighted by Crippen LogP contribution is 2.32. The topological polar surface area (TPSA) is 71.6 Å². The molecule has 0 atom stereocenters. The summed E-state index contributed by atoms with van der Waals surface area (Å²) in [7, 11) is 0. The van der Waals surface area contributed by atoms with Gasteiger partial charge in [0, 0.05) is 16.3 Å². The summed E-state index contributed by atoms with van der Waals surface area (Å²) in [5, 5.41) is 3.80. The van der Waals surface area contributed by atoms with Crippen LogP contribution in [0.1, 0.15) is 10.4 Å². The van der Waals surface area contributed by atoms with E-state index in [1.54, 1.807) is 42.5 Å². The van der Waals surface area contributed by atoms with Gasteiger partial charge in [0.15, 0.2) is 16.6 Å². The lowest BCUT2D eigenvalue weighted by Gasteiger charge is -2.11. The Morgan fingerprint density at radius 3 is 2.57 bits per heavy atom. The molecule has 2 aromatic carbocycles. The van der Waals surface area contributed by atoms with Crippen LogP contribution in [-0.2, 0) is 0 Å². The highest BCUT2D eigenvalue weighted by molar-refractivity contribution is 7.80. The van der Waals surface area contributed by atoms with Gasteiger partial charge in [-0.15, -0.1) is 0 Å². The van der Waals surface area contributed by atoms with Gasteiger partial charge in [-0.3, -0.25) is 15.6 Å². The Morgan fingerprint density at radius 1 is 1.04 bits per heavy atom. The van der Waals surface area contributed by atoms with E-state index in [1.807, 2.05) is 0 Å². The maximum Gasteiger partial charge on any atom is 0.269 e. The quantitative estimate of drug-likeness (QED) is 0.572. The summed E-state index contributed by atoms with van der Waals surface area (Å²) < 4.78 is 10.4. The number of halogens is 1. The Labute approximate surface area is 142 Å². The molecule has 0 aromatic heterocycles. The molecule has 118 valence electrons. The van der Waals surface area contributed by atoms with Crippen LogP contribution in [0.3, 0.4) is 0 Å². The van der Waals surface area contributed by atoms with Crippen LogP contribution in [0.15, 0.2) is 42.5 Å². The molecule has 0 saturated carbocycles. The molecule has 0 aliphatic carbocycles. The molecule has 0 fully saturated rings. The maximum absolute atomic E-state index is 12.1. The van der Waals surface area contributed by atoms with Crippen LogP contribution in [0.2, 0.25) is 5.02 Å². The molecule has 1 aliphatic heterocycles. The van der Waals surface area contributed by atoms with Gasteiger partial charge in [-0.25, -0.2) is 0 Å². The van der Waals surface area contributed by atoms with Gasteiger partial charge in [0.25, 0.3) is 5.91 Å². The van der Waals surface area contributed by atoms with Crippen molar-refractivity contribution in [1.29, 1.82) is 0 Å². The van der Waals surface area contributed by atoms with Crippen molar-refractivity contribution in [2.75, 3.05) is 12.1 Å². The largest absolute Gasteiger partial charge is 0.454 e. The molecule has 6 nitrogen and oxygen atoms in total. The van der Waals surface area contributed by atoms with Gasteiger partial charge in [-0.2, -0.15) is 0 Å². The van der Waals surface area contributed by atoms with Crippen molar-refractivity contribution < 1.29 is 14.3 Å². The molecule has 8 heteroatoms. The smallest absolute Gasteiger partial charge is 0.269 e. The van der Waals surface area contributed by atoms with E-state index in [1.165, 1.54) is 0 Å². The first kappa shape index (κ1) is 15.4. The van der Waals surface area contributed by atoms with E-state index in [0.29, 0.717) is 22.1 Å². The predicted octanol–water partition coefficient (Wildman–Crippen LogP) is 2.70.